The van der Waals surface area contributed by atoms with Crippen LogP contribution in [0, 0.1) is 12.8 Å². The molecule has 1 fully saturated rings. The van der Waals surface area contributed by atoms with Crippen molar-refractivity contribution >= 4 is 5.69 Å². The van der Waals surface area contributed by atoms with E-state index in [1.807, 2.05) is 6.07 Å². The number of nitrogens with two attached hydrogens (primary N) is 1. The predicted octanol–water partition coefficient (Wildman–Crippen LogP) is 3.59. The van der Waals surface area contributed by atoms with Crippen LogP contribution < -0.4 is 5.73 Å². The van der Waals surface area contributed by atoms with E-state index >= 15 is 0 Å². The summed E-state index contributed by atoms with van der Waals surface area (Å²) in [6, 6.07) is 7.07. The number of nitrogens with zero attached hydrogens (tertiary/aromatic N) is 1. The highest BCUT2D eigenvalue weighted by Crippen LogP contribution is 2.28. The fraction of sp³-hybridized carbons (Fsp3) is 0.625. The third kappa shape index (κ3) is 3.26. The van der Waals surface area contributed by atoms with Gasteiger partial charge < -0.3 is 5.73 Å². The molecule has 2 unspecified atom stereocenters. The maximum atomic E-state index is 6.07. The van der Waals surface area contributed by atoms with Crippen LogP contribution in [0.1, 0.15) is 43.7 Å². The number of aryl methyl sites for hydroxylation is 1. The zero-order valence-corrected chi connectivity index (χ0v) is 11.9. The lowest BCUT2D eigenvalue weighted by Crippen LogP contribution is -2.35. The summed E-state index contributed by atoms with van der Waals surface area (Å²) in [5, 5.41) is 0. The molecular formula is C16H26N2. The molecule has 1 aliphatic carbocycles. The van der Waals surface area contributed by atoms with Gasteiger partial charge in [0.2, 0.25) is 0 Å². The molecule has 18 heavy (non-hydrogen) atoms. The van der Waals surface area contributed by atoms with Crippen molar-refractivity contribution in [2.75, 3.05) is 12.8 Å². The molecule has 0 aromatic heterocycles. The molecule has 2 atom stereocenters. The van der Waals surface area contributed by atoms with Crippen molar-refractivity contribution in [3.8, 4) is 0 Å². The van der Waals surface area contributed by atoms with Gasteiger partial charge in [-0.15, -0.1) is 0 Å². The van der Waals surface area contributed by atoms with E-state index in [-0.39, 0.29) is 0 Å². The molecular weight excluding hydrogens is 220 g/mol. The summed E-state index contributed by atoms with van der Waals surface area (Å²) in [5.41, 5.74) is 9.56. The fourth-order valence-corrected chi connectivity index (χ4v) is 3.07. The lowest BCUT2D eigenvalue weighted by atomic mass is 9.86. The Hall–Kier alpha value is -1.02. The van der Waals surface area contributed by atoms with Gasteiger partial charge in [0.15, 0.2) is 0 Å². The normalized spacial score (nSPS) is 24.4. The van der Waals surface area contributed by atoms with Crippen molar-refractivity contribution in [1.29, 1.82) is 0 Å². The Morgan fingerprint density at radius 2 is 2.11 bits per heavy atom. The van der Waals surface area contributed by atoms with E-state index in [4.69, 9.17) is 5.73 Å². The number of anilines is 1. The number of rotatable bonds is 3. The Morgan fingerprint density at radius 3 is 2.83 bits per heavy atom. The second-order valence-electron chi connectivity index (χ2n) is 6.04. The van der Waals surface area contributed by atoms with Gasteiger partial charge in [0.1, 0.15) is 0 Å². The third-order valence-electron chi connectivity index (χ3n) is 4.25. The molecule has 100 valence electrons. The van der Waals surface area contributed by atoms with E-state index in [2.05, 4.69) is 37.9 Å². The van der Waals surface area contributed by atoms with Crippen LogP contribution in [-0.2, 0) is 6.54 Å². The number of nitrogen functional groups attached to an aromatic ring is 1. The first-order valence-corrected chi connectivity index (χ1v) is 7.11. The highest BCUT2D eigenvalue weighted by atomic mass is 15.1. The summed E-state index contributed by atoms with van der Waals surface area (Å²) >= 11 is 0. The highest BCUT2D eigenvalue weighted by molar-refractivity contribution is 5.48. The number of hydrogen-bond acceptors (Lipinski definition) is 2. The largest absolute Gasteiger partial charge is 0.398 e. The zero-order chi connectivity index (χ0) is 13.1. The maximum absolute atomic E-state index is 6.07. The van der Waals surface area contributed by atoms with Crippen LogP contribution in [0.3, 0.4) is 0 Å². The molecule has 2 N–H and O–H groups in total. The Morgan fingerprint density at radius 1 is 1.33 bits per heavy atom. The molecule has 0 heterocycles. The Kier molecular flexibility index (Phi) is 4.28. The second kappa shape index (κ2) is 5.75. The Labute approximate surface area is 111 Å². The zero-order valence-electron chi connectivity index (χ0n) is 11.9. The van der Waals surface area contributed by atoms with Crippen LogP contribution >= 0.6 is 0 Å². The highest BCUT2D eigenvalue weighted by Gasteiger charge is 2.22. The summed E-state index contributed by atoms with van der Waals surface area (Å²) in [6.45, 7) is 5.48. The van der Waals surface area contributed by atoms with Crippen LogP contribution in [0.25, 0.3) is 0 Å². The monoisotopic (exact) mass is 246 g/mol. The molecule has 0 bridgehead atoms. The van der Waals surface area contributed by atoms with Gasteiger partial charge in [0.05, 0.1) is 0 Å². The van der Waals surface area contributed by atoms with Gasteiger partial charge in [-0.05, 0) is 44.4 Å². The van der Waals surface area contributed by atoms with Gasteiger partial charge in [-0.1, -0.05) is 37.5 Å². The van der Waals surface area contributed by atoms with E-state index in [0.717, 1.165) is 24.2 Å². The van der Waals surface area contributed by atoms with Crippen molar-refractivity contribution in [3.63, 3.8) is 0 Å². The minimum Gasteiger partial charge on any atom is -0.398 e. The fourth-order valence-electron chi connectivity index (χ4n) is 3.07. The van der Waals surface area contributed by atoms with Crippen LogP contribution in [0.15, 0.2) is 18.2 Å². The van der Waals surface area contributed by atoms with Crippen LogP contribution in [0.5, 0.6) is 0 Å². The summed E-state index contributed by atoms with van der Waals surface area (Å²) in [7, 11) is 2.24. The van der Waals surface area contributed by atoms with Crippen LogP contribution in [-0.4, -0.2) is 18.0 Å². The molecule has 1 aromatic carbocycles. The molecule has 2 rings (SSSR count). The predicted molar refractivity (Wildman–Crippen MR) is 78.5 cm³/mol. The molecule has 2 heteroatoms. The average molecular weight is 246 g/mol. The van der Waals surface area contributed by atoms with E-state index in [1.165, 1.54) is 36.8 Å². The van der Waals surface area contributed by atoms with Gasteiger partial charge in [0.25, 0.3) is 0 Å². The van der Waals surface area contributed by atoms with Crippen LogP contribution in [0.4, 0.5) is 5.69 Å². The smallest absolute Gasteiger partial charge is 0.0359 e. The first kappa shape index (κ1) is 13.4. The lowest BCUT2D eigenvalue weighted by molar-refractivity contribution is 0.158. The first-order valence-electron chi connectivity index (χ1n) is 7.11. The van der Waals surface area contributed by atoms with Gasteiger partial charge in [0, 0.05) is 18.3 Å². The first-order chi connectivity index (χ1) is 8.56. The van der Waals surface area contributed by atoms with Gasteiger partial charge in [-0.25, -0.2) is 0 Å². The second-order valence-corrected chi connectivity index (χ2v) is 6.04. The molecule has 0 saturated heterocycles. The van der Waals surface area contributed by atoms with Gasteiger partial charge in [-0.3, -0.25) is 4.90 Å². The van der Waals surface area contributed by atoms with Crippen LogP contribution in [0.2, 0.25) is 0 Å². The molecule has 0 amide bonds. The van der Waals surface area contributed by atoms with E-state index < -0.39 is 0 Å². The summed E-state index contributed by atoms with van der Waals surface area (Å²) < 4.78 is 0. The minimum absolute atomic E-state index is 0.730. The topological polar surface area (TPSA) is 29.3 Å². The maximum Gasteiger partial charge on any atom is 0.0359 e. The van der Waals surface area contributed by atoms with Crippen molar-refractivity contribution in [1.82, 2.24) is 4.90 Å². The molecule has 1 aliphatic rings. The summed E-state index contributed by atoms with van der Waals surface area (Å²) in [5.74, 6) is 0.876. The molecule has 2 nitrogen and oxygen atoms in total. The third-order valence-corrected chi connectivity index (χ3v) is 4.25. The number of hydrogen-bond donors (Lipinski definition) is 1. The SMILES string of the molecule is Cc1ccc(N)c(CN(C)C2CCCC(C)C2)c1. The van der Waals surface area contributed by atoms with E-state index in [0.29, 0.717) is 0 Å². The quantitative estimate of drug-likeness (QED) is 0.826. The summed E-state index contributed by atoms with van der Waals surface area (Å²) in [6.07, 6.45) is 5.45. The standard InChI is InChI=1S/C16H26N2/c1-12-5-4-6-15(10-12)18(3)11-14-9-13(2)7-8-16(14)17/h7-9,12,15H,4-6,10-11,17H2,1-3H3. The van der Waals surface area contributed by atoms with Crippen molar-refractivity contribution in [3.05, 3.63) is 29.3 Å². The Balaban J connectivity index is 2.01. The molecule has 1 aromatic rings. The van der Waals surface area contributed by atoms with E-state index in [1.54, 1.807) is 0 Å². The average Bonchev–Trinajstić information content (AvgIpc) is 2.34. The molecule has 0 radical (unpaired) electrons. The van der Waals surface area contributed by atoms with Crippen molar-refractivity contribution in [2.45, 2.75) is 52.1 Å². The van der Waals surface area contributed by atoms with Crippen molar-refractivity contribution in [2.24, 2.45) is 5.92 Å². The van der Waals surface area contributed by atoms with Gasteiger partial charge in [-0.2, -0.15) is 0 Å². The molecule has 0 spiro atoms. The number of benzene rings is 1. The molecule has 0 aliphatic heterocycles. The van der Waals surface area contributed by atoms with Gasteiger partial charge >= 0.3 is 0 Å². The van der Waals surface area contributed by atoms with E-state index in [9.17, 15) is 0 Å². The Bertz CT molecular complexity index is 400. The van der Waals surface area contributed by atoms with Crippen molar-refractivity contribution < 1.29 is 0 Å². The molecule has 1 saturated carbocycles. The lowest BCUT2D eigenvalue weighted by Gasteiger charge is -2.34. The minimum atomic E-state index is 0.730. The summed E-state index contributed by atoms with van der Waals surface area (Å²) in [4.78, 5) is 2.49.